The fourth-order valence-corrected chi connectivity index (χ4v) is 3.74. The van der Waals surface area contributed by atoms with Gasteiger partial charge in [-0.1, -0.05) is 68.4 Å². The molecule has 32 heavy (non-hydrogen) atoms. The van der Waals surface area contributed by atoms with Crippen molar-refractivity contribution in [3.8, 4) is 0 Å². The Morgan fingerprint density at radius 3 is 2.44 bits per heavy atom. The van der Waals surface area contributed by atoms with E-state index in [1.54, 1.807) is 12.7 Å². The zero-order valence-corrected chi connectivity index (χ0v) is 21.4. The SMILES string of the molecule is CCN(CC)C(CNC(=NC)NCc1cccc(Cn2cncn2)c1)c1ccccc1.I. The number of halogens is 1. The van der Waals surface area contributed by atoms with E-state index in [1.807, 2.05) is 11.7 Å². The molecule has 0 amide bonds. The maximum Gasteiger partial charge on any atom is 0.191 e. The summed E-state index contributed by atoms with van der Waals surface area (Å²) in [6.07, 6.45) is 3.29. The average molecular weight is 547 g/mol. The molecule has 0 saturated carbocycles. The number of nitrogens with one attached hydrogen (secondary N) is 2. The highest BCUT2D eigenvalue weighted by molar-refractivity contribution is 14.0. The summed E-state index contributed by atoms with van der Waals surface area (Å²) in [7, 11) is 1.81. The van der Waals surface area contributed by atoms with Gasteiger partial charge in [-0.05, 0) is 29.8 Å². The maximum atomic E-state index is 4.42. The minimum absolute atomic E-state index is 0. The first-order valence-electron chi connectivity index (χ1n) is 10.9. The van der Waals surface area contributed by atoms with Gasteiger partial charge in [-0.2, -0.15) is 5.10 Å². The van der Waals surface area contributed by atoms with E-state index in [2.05, 4.69) is 99.1 Å². The van der Waals surface area contributed by atoms with Crippen molar-refractivity contribution in [1.29, 1.82) is 0 Å². The average Bonchev–Trinajstić information content (AvgIpc) is 3.32. The van der Waals surface area contributed by atoms with Gasteiger partial charge in [0.2, 0.25) is 0 Å². The van der Waals surface area contributed by atoms with Gasteiger partial charge in [-0.3, -0.25) is 9.89 Å². The molecule has 0 spiro atoms. The molecule has 0 saturated heterocycles. The van der Waals surface area contributed by atoms with E-state index in [1.165, 1.54) is 16.7 Å². The summed E-state index contributed by atoms with van der Waals surface area (Å²) in [6, 6.07) is 19.4. The first-order valence-corrected chi connectivity index (χ1v) is 10.9. The Balaban J connectivity index is 0.00000363. The van der Waals surface area contributed by atoms with Crippen molar-refractivity contribution < 1.29 is 0 Å². The third kappa shape index (κ3) is 7.59. The van der Waals surface area contributed by atoms with Gasteiger partial charge in [0.25, 0.3) is 0 Å². The predicted octanol–water partition coefficient (Wildman–Crippen LogP) is 3.69. The van der Waals surface area contributed by atoms with E-state index >= 15 is 0 Å². The van der Waals surface area contributed by atoms with Gasteiger partial charge in [-0.25, -0.2) is 9.67 Å². The van der Waals surface area contributed by atoms with Crippen LogP contribution in [0.4, 0.5) is 0 Å². The van der Waals surface area contributed by atoms with Crippen molar-refractivity contribution in [2.24, 2.45) is 4.99 Å². The van der Waals surface area contributed by atoms with Crippen LogP contribution in [-0.2, 0) is 13.1 Å². The summed E-state index contributed by atoms with van der Waals surface area (Å²) in [6.45, 7) is 8.62. The van der Waals surface area contributed by atoms with Crippen LogP contribution in [0, 0.1) is 0 Å². The minimum Gasteiger partial charge on any atom is -0.354 e. The van der Waals surface area contributed by atoms with Crippen LogP contribution in [0.25, 0.3) is 0 Å². The molecule has 3 aromatic rings. The second-order valence-electron chi connectivity index (χ2n) is 7.37. The molecule has 8 heteroatoms. The molecule has 7 nitrogen and oxygen atoms in total. The van der Waals surface area contributed by atoms with Gasteiger partial charge in [0.05, 0.1) is 12.6 Å². The van der Waals surface area contributed by atoms with Gasteiger partial charge < -0.3 is 10.6 Å². The van der Waals surface area contributed by atoms with Crippen LogP contribution in [-0.4, -0.2) is 52.3 Å². The number of guanidine groups is 1. The molecule has 0 aliphatic rings. The topological polar surface area (TPSA) is 70.4 Å². The van der Waals surface area contributed by atoms with E-state index in [-0.39, 0.29) is 24.0 Å². The Kier molecular flexibility index (Phi) is 11.2. The van der Waals surface area contributed by atoms with Crippen LogP contribution >= 0.6 is 24.0 Å². The number of hydrogen-bond acceptors (Lipinski definition) is 4. The molecule has 2 N–H and O–H groups in total. The molecule has 1 heterocycles. The number of aromatic nitrogens is 3. The van der Waals surface area contributed by atoms with Gasteiger partial charge >= 0.3 is 0 Å². The summed E-state index contributed by atoms with van der Waals surface area (Å²) < 4.78 is 1.82. The summed E-state index contributed by atoms with van der Waals surface area (Å²) in [5.41, 5.74) is 3.71. The maximum absolute atomic E-state index is 4.42. The number of aliphatic imine (C=N–C) groups is 1. The lowest BCUT2D eigenvalue weighted by atomic mass is 10.1. The summed E-state index contributed by atoms with van der Waals surface area (Å²) in [5, 5.41) is 11.1. The highest BCUT2D eigenvalue weighted by atomic mass is 127. The lowest BCUT2D eigenvalue weighted by Gasteiger charge is -2.30. The number of nitrogens with zero attached hydrogens (tertiary/aromatic N) is 5. The zero-order chi connectivity index (χ0) is 21.9. The molecule has 0 bridgehead atoms. The van der Waals surface area contributed by atoms with E-state index in [9.17, 15) is 0 Å². The molecule has 0 aliphatic heterocycles. The smallest absolute Gasteiger partial charge is 0.191 e. The Labute approximate surface area is 208 Å². The Bertz CT molecular complexity index is 925. The van der Waals surface area contributed by atoms with Gasteiger partial charge in [0.15, 0.2) is 5.96 Å². The normalized spacial score (nSPS) is 12.3. The minimum atomic E-state index is 0. The Hall–Kier alpha value is -2.46. The second kappa shape index (κ2) is 13.8. The van der Waals surface area contributed by atoms with Crippen molar-refractivity contribution in [3.63, 3.8) is 0 Å². The largest absolute Gasteiger partial charge is 0.354 e. The van der Waals surface area contributed by atoms with Crippen LogP contribution in [0.15, 0.2) is 72.2 Å². The third-order valence-corrected chi connectivity index (χ3v) is 5.39. The van der Waals surface area contributed by atoms with Crippen molar-refractivity contribution >= 4 is 29.9 Å². The zero-order valence-electron chi connectivity index (χ0n) is 19.1. The number of benzene rings is 2. The monoisotopic (exact) mass is 547 g/mol. The highest BCUT2D eigenvalue weighted by Crippen LogP contribution is 2.19. The van der Waals surface area contributed by atoms with Crippen molar-refractivity contribution in [1.82, 2.24) is 30.3 Å². The standard InChI is InChI=1S/C24H33N7.HI/c1-4-30(5-2)23(22-12-7-6-8-13-22)16-28-24(25-3)27-15-20-10-9-11-21(14-20)17-31-19-26-18-29-31;/h6-14,18-19,23H,4-5,15-17H2,1-3H3,(H2,25,27,28);1H. The van der Waals surface area contributed by atoms with E-state index < -0.39 is 0 Å². The molecule has 172 valence electrons. The molecule has 1 atom stereocenters. The van der Waals surface area contributed by atoms with Crippen LogP contribution in [0.2, 0.25) is 0 Å². The van der Waals surface area contributed by atoms with E-state index in [4.69, 9.17) is 0 Å². The quantitative estimate of drug-likeness (QED) is 0.230. The van der Waals surface area contributed by atoms with Crippen molar-refractivity contribution in [2.75, 3.05) is 26.7 Å². The molecule has 2 aromatic carbocycles. The van der Waals surface area contributed by atoms with Crippen molar-refractivity contribution in [2.45, 2.75) is 33.0 Å². The molecular formula is C24H34IN7. The summed E-state index contributed by atoms with van der Waals surface area (Å²) in [5.74, 6) is 0.801. The molecule has 0 fully saturated rings. The van der Waals surface area contributed by atoms with E-state index in [0.717, 1.165) is 25.6 Å². The lowest BCUT2D eigenvalue weighted by Crippen LogP contribution is -2.43. The van der Waals surface area contributed by atoms with E-state index in [0.29, 0.717) is 19.1 Å². The van der Waals surface area contributed by atoms with Crippen molar-refractivity contribution in [3.05, 3.63) is 83.9 Å². The summed E-state index contributed by atoms with van der Waals surface area (Å²) >= 11 is 0. The van der Waals surface area contributed by atoms with Gasteiger partial charge in [-0.15, -0.1) is 24.0 Å². The number of hydrogen-bond donors (Lipinski definition) is 2. The number of rotatable bonds is 10. The number of likely N-dealkylation sites (N-methyl/N-ethyl adjacent to an activating group) is 1. The van der Waals surface area contributed by atoms with Crippen LogP contribution < -0.4 is 10.6 Å². The lowest BCUT2D eigenvalue weighted by molar-refractivity contribution is 0.219. The molecule has 0 radical (unpaired) electrons. The third-order valence-electron chi connectivity index (χ3n) is 5.39. The van der Waals surface area contributed by atoms with Crippen LogP contribution in [0.5, 0.6) is 0 Å². The van der Waals surface area contributed by atoms with Gasteiger partial charge in [0.1, 0.15) is 12.7 Å². The highest BCUT2D eigenvalue weighted by Gasteiger charge is 2.18. The Morgan fingerprint density at radius 1 is 1.03 bits per heavy atom. The molecule has 0 aliphatic carbocycles. The fraction of sp³-hybridized carbons (Fsp3) is 0.375. The summed E-state index contributed by atoms with van der Waals surface area (Å²) in [4.78, 5) is 10.9. The first-order chi connectivity index (χ1) is 15.2. The molecular weight excluding hydrogens is 513 g/mol. The fourth-order valence-electron chi connectivity index (χ4n) is 3.74. The predicted molar refractivity (Wildman–Crippen MR) is 141 cm³/mol. The molecule has 1 unspecified atom stereocenters. The first kappa shape index (κ1) is 25.8. The molecule has 1 aromatic heterocycles. The van der Waals surface area contributed by atoms with Gasteiger partial charge in [0, 0.05) is 20.1 Å². The molecule has 3 rings (SSSR count). The van der Waals surface area contributed by atoms with Crippen LogP contribution in [0.1, 0.15) is 36.6 Å². The second-order valence-corrected chi connectivity index (χ2v) is 7.37. The Morgan fingerprint density at radius 2 is 1.78 bits per heavy atom. The van der Waals surface area contributed by atoms with Crippen LogP contribution in [0.3, 0.4) is 0 Å².